The number of nitrogens with zero attached hydrogens (tertiary/aromatic N) is 4. The highest BCUT2D eigenvalue weighted by atomic mass is 32.2. The van der Waals surface area contributed by atoms with Gasteiger partial charge in [0, 0.05) is 6.04 Å². The number of amides is 4. The van der Waals surface area contributed by atoms with Crippen LogP contribution in [0.15, 0.2) is 35.5 Å². The summed E-state index contributed by atoms with van der Waals surface area (Å²) in [5, 5.41) is 12.6. The van der Waals surface area contributed by atoms with Crippen LogP contribution in [-0.2, 0) is 16.0 Å². The molecule has 33 heavy (non-hydrogen) atoms. The van der Waals surface area contributed by atoms with E-state index in [0.29, 0.717) is 24.0 Å². The molecular weight excluding hydrogens is 440 g/mol. The Labute approximate surface area is 197 Å². The lowest BCUT2D eigenvalue weighted by Gasteiger charge is -2.25. The lowest BCUT2D eigenvalue weighted by Crippen LogP contribution is -2.49. The van der Waals surface area contributed by atoms with Gasteiger partial charge in [-0.15, -0.1) is 10.2 Å². The van der Waals surface area contributed by atoms with Crippen LogP contribution >= 0.6 is 11.8 Å². The molecule has 1 saturated heterocycles. The highest BCUT2D eigenvalue weighted by Crippen LogP contribution is 2.32. The first-order chi connectivity index (χ1) is 15.9. The molecule has 1 saturated carbocycles. The van der Waals surface area contributed by atoms with Crippen LogP contribution in [0, 0.1) is 6.92 Å². The number of hydrogen-bond acceptors (Lipinski definition) is 6. The smallest absolute Gasteiger partial charge is 0.322 e. The largest absolute Gasteiger partial charge is 0.344 e. The molecule has 0 spiro atoms. The van der Waals surface area contributed by atoms with Crippen molar-refractivity contribution >= 4 is 29.6 Å². The van der Waals surface area contributed by atoms with Crippen LogP contribution in [0.25, 0.3) is 0 Å². The van der Waals surface area contributed by atoms with Crippen LogP contribution < -0.4 is 10.7 Å². The lowest BCUT2D eigenvalue weighted by molar-refractivity contribution is -0.138. The minimum atomic E-state index is -1.06. The van der Waals surface area contributed by atoms with Gasteiger partial charge in [-0.1, -0.05) is 61.4 Å². The van der Waals surface area contributed by atoms with E-state index in [1.807, 2.05) is 37.3 Å². The van der Waals surface area contributed by atoms with Gasteiger partial charge in [0.15, 0.2) is 5.16 Å². The molecule has 1 aromatic carbocycles. The van der Waals surface area contributed by atoms with Crippen LogP contribution in [0.5, 0.6) is 0 Å². The number of hydrogen-bond donors (Lipinski definition) is 2. The van der Waals surface area contributed by atoms with Crippen LogP contribution in [0.4, 0.5) is 4.79 Å². The third kappa shape index (κ3) is 5.21. The van der Waals surface area contributed by atoms with Crippen LogP contribution in [0.3, 0.4) is 0 Å². The van der Waals surface area contributed by atoms with Gasteiger partial charge in [-0.3, -0.25) is 15.0 Å². The first kappa shape index (κ1) is 23.3. The number of nitrogens with one attached hydrogen (secondary N) is 2. The summed E-state index contributed by atoms with van der Waals surface area (Å²) in [5.41, 5.74) is 2.48. The number of imide groups is 1. The molecule has 0 bridgehead atoms. The standard InChI is InChI=1S/C23H30N6O3S/c1-16-25-26-22(28(16)18-11-7-4-8-12-18)33-15-19(30)27-29-20(31)23(2,24-21(29)32)14-13-17-9-5-3-6-10-17/h3,5-6,9-10,18H,4,7-8,11-15H2,1-2H3,(H,24,32)(H,27,30)/t23-/m1/s1. The topological polar surface area (TPSA) is 109 Å². The third-order valence-electron chi connectivity index (χ3n) is 6.36. The summed E-state index contributed by atoms with van der Waals surface area (Å²) in [6.45, 7) is 3.61. The van der Waals surface area contributed by atoms with Gasteiger partial charge < -0.3 is 9.88 Å². The lowest BCUT2D eigenvalue weighted by atomic mass is 9.93. The number of carbonyl (C=O) groups excluding carboxylic acids is 3. The van der Waals surface area contributed by atoms with Crippen LogP contribution in [-0.4, -0.2) is 48.9 Å². The Bertz CT molecular complexity index is 1020. The van der Waals surface area contributed by atoms with Gasteiger partial charge in [-0.2, -0.15) is 5.01 Å². The van der Waals surface area contributed by atoms with Crippen molar-refractivity contribution in [3.63, 3.8) is 0 Å². The maximum atomic E-state index is 12.9. The van der Waals surface area contributed by atoms with Gasteiger partial charge in [-0.05, 0) is 45.1 Å². The fraction of sp³-hybridized carbons (Fsp3) is 0.522. The molecule has 1 aliphatic heterocycles. The zero-order valence-corrected chi connectivity index (χ0v) is 19.9. The number of aryl methyl sites for hydroxylation is 2. The Kier molecular flexibility index (Phi) is 7.02. The molecule has 1 aliphatic carbocycles. The molecule has 9 nitrogen and oxygen atoms in total. The van der Waals surface area contributed by atoms with Gasteiger partial charge in [0.25, 0.3) is 5.91 Å². The molecule has 10 heteroatoms. The van der Waals surface area contributed by atoms with E-state index in [4.69, 9.17) is 0 Å². The zero-order chi connectivity index (χ0) is 23.4. The van der Waals surface area contributed by atoms with Crippen LogP contribution in [0.2, 0.25) is 0 Å². The number of hydrazine groups is 1. The van der Waals surface area contributed by atoms with Crippen molar-refractivity contribution in [2.45, 2.75) is 75.5 Å². The predicted molar refractivity (Wildman–Crippen MR) is 124 cm³/mol. The predicted octanol–water partition coefficient (Wildman–Crippen LogP) is 3.16. The second kappa shape index (κ2) is 9.94. The van der Waals surface area contributed by atoms with E-state index in [1.54, 1.807) is 6.92 Å². The van der Waals surface area contributed by atoms with Crippen LogP contribution in [0.1, 0.15) is 62.9 Å². The monoisotopic (exact) mass is 470 g/mol. The summed E-state index contributed by atoms with van der Waals surface area (Å²) in [6, 6.07) is 9.51. The van der Waals surface area contributed by atoms with Crippen molar-refractivity contribution in [3.8, 4) is 0 Å². The molecule has 2 fully saturated rings. The number of rotatable bonds is 8. The Morgan fingerprint density at radius 3 is 2.64 bits per heavy atom. The first-order valence-corrected chi connectivity index (χ1v) is 12.4. The maximum Gasteiger partial charge on any atom is 0.344 e. The molecule has 1 aromatic heterocycles. The second-order valence-corrected chi connectivity index (χ2v) is 9.85. The molecule has 2 aliphatic rings. The van der Waals surface area contributed by atoms with E-state index in [9.17, 15) is 14.4 Å². The zero-order valence-electron chi connectivity index (χ0n) is 19.0. The highest BCUT2D eigenvalue weighted by molar-refractivity contribution is 7.99. The molecule has 176 valence electrons. The number of thioether (sulfide) groups is 1. The Morgan fingerprint density at radius 2 is 1.91 bits per heavy atom. The summed E-state index contributed by atoms with van der Waals surface area (Å²) >= 11 is 1.27. The molecule has 2 heterocycles. The van der Waals surface area contributed by atoms with E-state index in [0.717, 1.165) is 29.2 Å². The van der Waals surface area contributed by atoms with Gasteiger partial charge >= 0.3 is 6.03 Å². The molecule has 1 atom stereocenters. The number of carbonyl (C=O) groups is 3. The Morgan fingerprint density at radius 1 is 1.18 bits per heavy atom. The van der Waals surface area contributed by atoms with Crippen molar-refractivity contribution in [2.75, 3.05) is 5.75 Å². The molecule has 4 amide bonds. The Hall–Kier alpha value is -2.88. The molecule has 4 rings (SSSR count). The van der Waals surface area contributed by atoms with Crippen molar-refractivity contribution in [1.29, 1.82) is 0 Å². The number of benzene rings is 1. The number of urea groups is 1. The summed E-state index contributed by atoms with van der Waals surface area (Å²) in [5.74, 6) is -0.0226. The van der Waals surface area contributed by atoms with E-state index >= 15 is 0 Å². The number of aromatic nitrogens is 3. The summed E-state index contributed by atoms with van der Waals surface area (Å²) < 4.78 is 2.12. The fourth-order valence-corrected chi connectivity index (χ4v) is 5.33. The normalized spacial score (nSPS) is 21.3. The van der Waals surface area contributed by atoms with Gasteiger partial charge in [0.1, 0.15) is 11.4 Å². The van der Waals surface area contributed by atoms with Crippen molar-refractivity contribution < 1.29 is 14.4 Å². The maximum absolute atomic E-state index is 12.9. The van der Waals surface area contributed by atoms with Gasteiger partial charge in [0.05, 0.1) is 5.75 Å². The molecular formula is C23H30N6O3S. The average Bonchev–Trinajstić information content (AvgIpc) is 3.29. The summed E-state index contributed by atoms with van der Waals surface area (Å²) in [4.78, 5) is 37.9. The second-order valence-electron chi connectivity index (χ2n) is 8.90. The fourth-order valence-electron chi connectivity index (χ4n) is 4.49. The molecule has 2 N–H and O–H groups in total. The highest BCUT2D eigenvalue weighted by Gasteiger charge is 2.48. The van der Waals surface area contributed by atoms with E-state index < -0.39 is 23.4 Å². The molecule has 0 radical (unpaired) electrons. The minimum Gasteiger partial charge on any atom is -0.322 e. The van der Waals surface area contributed by atoms with Crippen molar-refractivity contribution in [2.24, 2.45) is 0 Å². The van der Waals surface area contributed by atoms with E-state index in [-0.39, 0.29) is 5.75 Å². The van der Waals surface area contributed by atoms with Crippen molar-refractivity contribution in [1.82, 2.24) is 30.5 Å². The summed E-state index contributed by atoms with van der Waals surface area (Å²) in [6.07, 6.45) is 6.86. The third-order valence-corrected chi connectivity index (χ3v) is 7.30. The van der Waals surface area contributed by atoms with Gasteiger partial charge in [-0.25, -0.2) is 4.79 Å². The Balaban J connectivity index is 1.33. The first-order valence-electron chi connectivity index (χ1n) is 11.4. The van der Waals surface area contributed by atoms with E-state index in [2.05, 4.69) is 25.5 Å². The molecule has 0 unspecified atom stereocenters. The average molecular weight is 471 g/mol. The van der Waals surface area contributed by atoms with Gasteiger partial charge in [0.2, 0.25) is 5.91 Å². The quantitative estimate of drug-likeness (QED) is 0.453. The summed E-state index contributed by atoms with van der Waals surface area (Å²) in [7, 11) is 0. The SMILES string of the molecule is Cc1nnc(SCC(=O)NN2C(=O)N[C@](C)(CCc3ccccc3)C2=O)n1C1CCCCC1. The van der Waals surface area contributed by atoms with E-state index in [1.165, 1.54) is 31.0 Å². The molecule has 2 aromatic rings. The minimum absolute atomic E-state index is 0.0304. The van der Waals surface area contributed by atoms with Crippen molar-refractivity contribution in [3.05, 3.63) is 41.7 Å².